The zero-order valence-electron chi connectivity index (χ0n) is 30.4. The van der Waals surface area contributed by atoms with E-state index >= 15 is 0 Å². The van der Waals surface area contributed by atoms with Gasteiger partial charge < -0.3 is 28.7 Å². The van der Waals surface area contributed by atoms with Gasteiger partial charge in [0.1, 0.15) is 11.0 Å². The first-order chi connectivity index (χ1) is 24.5. The number of halogens is 1. The summed E-state index contributed by atoms with van der Waals surface area (Å²) >= 11 is 6.48. The molecule has 2 fully saturated rings. The lowest BCUT2D eigenvalue weighted by Crippen LogP contribution is -2.52. The van der Waals surface area contributed by atoms with Crippen molar-refractivity contribution >= 4 is 33.2 Å². The molecule has 12 heteroatoms. The molecule has 280 valence electrons. The van der Waals surface area contributed by atoms with Gasteiger partial charge in [0.15, 0.2) is 6.29 Å². The van der Waals surface area contributed by atoms with Crippen LogP contribution in [0.15, 0.2) is 36.4 Å². The number of carbonyl (C=O) groups is 1. The van der Waals surface area contributed by atoms with E-state index in [9.17, 15) is 13.2 Å². The lowest BCUT2D eigenvalue weighted by molar-refractivity contribution is -0.240. The van der Waals surface area contributed by atoms with Crippen LogP contribution >= 0.6 is 11.6 Å². The molecule has 1 N–H and O–H groups in total. The van der Waals surface area contributed by atoms with Crippen LogP contribution in [0, 0.1) is 23.7 Å². The molecule has 2 aliphatic carbocycles. The standard InChI is InChI=1S/C39H54ClN3O7S/c1-25-7-5-9-32(38-48-20-30(21-49-38)42(2)3)31-13-10-28(31)19-43-23-39(16-6-8-26-17-29(40)12-14-33(26)39)24-50-35-15-11-27(18-34(35)43)37(44)41-51(45,46)36(25)22-47-4/h11-12,14-15,17-18,25,28,30-32,36,38H,5-10,13,16,19-24H2,1-4H3,(H,41,44)/t25-,28-,30-,31+,32-,36+,38+,39-/m0/s1. The third-order valence-corrected chi connectivity index (χ3v) is 14.7. The van der Waals surface area contributed by atoms with Crippen LogP contribution in [-0.2, 0) is 36.1 Å². The van der Waals surface area contributed by atoms with Crippen LogP contribution in [0.2, 0.25) is 5.02 Å². The predicted molar refractivity (Wildman–Crippen MR) is 198 cm³/mol. The summed E-state index contributed by atoms with van der Waals surface area (Å²) in [6.45, 7) is 5.22. The SMILES string of the molecule is COC[C@@H]1[C@@H](C)CCC[C@H]([C@H]2OC[C@@H](N(C)C)CO2)[C@@H]2CC[C@H]2CN2C[C@@]3(CCCc4cc(Cl)ccc43)COc3ccc(cc32)C(=O)NS1(=O)=O. The van der Waals surface area contributed by atoms with Crippen molar-refractivity contribution in [3.8, 4) is 5.75 Å². The summed E-state index contributed by atoms with van der Waals surface area (Å²) in [4.78, 5) is 18.3. The Morgan fingerprint density at radius 3 is 2.57 bits per heavy atom. The van der Waals surface area contributed by atoms with Crippen molar-refractivity contribution in [3.05, 3.63) is 58.1 Å². The van der Waals surface area contributed by atoms with Crippen LogP contribution in [0.1, 0.15) is 73.4 Å². The monoisotopic (exact) mass is 743 g/mol. The quantitative estimate of drug-likeness (QED) is 0.425. The fourth-order valence-electron chi connectivity index (χ4n) is 9.38. The highest BCUT2D eigenvalue weighted by atomic mass is 35.5. The number of carbonyl (C=O) groups excluding carboxylic acids is 1. The predicted octanol–water partition coefficient (Wildman–Crippen LogP) is 5.65. The van der Waals surface area contributed by atoms with Crippen LogP contribution in [0.4, 0.5) is 5.69 Å². The number of methoxy groups -OCH3 is 1. The first-order valence-electron chi connectivity index (χ1n) is 18.7. The molecule has 6 atom stereocenters. The summed E-state index contributed by atoms with van der Waals surface area (Å²) in [5, 5.41) is -0.133. The number of anilines is 1. The number of aryl methyl sites for hydroxylation is 1. The van der Waals surface area contributed by atoms with Crippen molar-refractivity contribution in [1.29, 1.82) is 0 Å². The van der Waals surface area contributed by atoms with E-state index in [1.165, 1.54) is 18.2 Å². The van der Waals surface area contributed by atoms with Gasteiger partial charge in [-0.25, -0.2) is 13.1 Å². The highest BCUT2D eigenvalue weighted by Crippen LogP contribution is 2.49. The number of hydrogen-bond donors (Lipinski definition) is 1. The first kappa shape index (κ1) is 36.9. The summed E-state index contributed by atoms with van der Waals surface area (Å²) in [7, 11) is 1.56. The van der Waals surface area contributed by atoms with Gasteiger partial charge in [-0.05, 0) is 118 Å². The van der Waals surface area contributed by atoms with Gasteiger partial charge in [-0.15, -0.1) is 0 Å². The van der Waals surface area contributed by atoms with Crippen LogP contribution in [0.5, 0.6) is 5.75 Å². The Morgan fingerprint density at radius 1 is 1.04 bits per heavy atom. The van der Waals surface area contributed by atoms with E-state index in [1.54, 1.807) is 6.07 Å². The minimum Gasteiger partial charge on any atom is -0.490 e. The molecular weight excluding hydrogens is 690 g/mol. The van der Waals surface area contributed by atoms with Gasteiger partial charge in [0.25, 0.3) is 5.91 Å². The van der Waals surface area contributed by atoms with Crippen molar-refractivity contribution < 1.29 is 32.2 Å². The topological polar surface area (TPSA) is 107 Å². The Bertz CT molecular complexity index is 1680. The maximum Gasteiger partial charge on any atom is 0.264 e. The molecule has 0 aromatic heterocycles. The lowest BCUT2D eigenvalue weighted by atomic mass is 9.64. The Morgan fingerprint density at radius 2 is 1.84 bits per heavy atom. The minimum atomic E-state index is -4.05. The Hall–Kier alpha value is -2.41. The van der Waals surface area contributed by atoms with Crippen LogP contribution in [0.25, 0.3) is 0 Å². The molecule has 1 spiro atoms. The van der Waals surface area contributed by atoms with E-state index < -0.39 is 21.2 Å². The number of sulfonamides is 1. The Labute approximate surface area is 308 Å². The normalized spacial score (nSPS) is 34.0. The Balaban J connectivity index is 1.27. The molecular formula is C39H54ClN3O7S. The highest BCUT2D eigenvalue weighted by Gasteiger charge is 2.47. The second-order valence-electron chi connectivity index (χ2n) is 16.0. The summed E-state index contributed by atoms with van der Waals surface area (Å²) in [6, 6.07) is 11.8. The largest absolute Gasteiger partial charge is 0.490 e. The smallest absolute Gasteiger partial charge is 0.264 e. The summed E-state index contributed by atoms with van der Waals surface area (Å²) < 4.78 is 55.1. The molecule has 51 heavy (non-hydrogen) atoms. The van der Waals surface area contributed by atoms with Crippen molar-refractivity contribution in [2.75, 3.05) is 65.6 Å². The molecule has 1 saturated carbocycles. The molecule has 2 aromatic rings. The number of nitrogens with one attached hydrogen (secondary N) is 1. The van der Waals surface area contributed by atoms with Gasteiger partial charge in [0, 0.05) is 42.1 Å². The van der Waals surface area contributed by atoms with E-state index in [0.29, 0.717) is 43.8 Å². The third kappa shape index (κ3) is 7.53. The molecule has 1 amide bonds. The van der Waals surface area contributed by atoms with Crippen LogP contribution in [-0.4, -0.2) is 97.5 Å². The fourth-order valence-corrected chi connectivity index (χ4v) is 11.2. The van der Waals surface area contributed by atoms with Crippen molar-refractivity contribution in [2.24, 2.45) is 23.7 Å². The number of amides is 1. The number of ether oxygens (including phenoxy) is 4. The number of hydrogen-bond acceptors (Lipinski definition) is 9. The molecule has 10 nitrogen and oxygen atoms in total. The van der Waals surface area contributed by atoms with Gasteiger partial charge in [0.05, 0.1) is 38.2 Å². The van der Waals surface area contributed by atoms with Crippen molar-refractivity contribution in [1.82, 2.24) is 9.62 Å². The number of likely N-dealkylation sites (N-methyl/N-ethyl adjacent to an activating group) is 1. The highest BCUT2D eigenvalue weighted by molar-refractivity contribution is 7.90. The van der Waals surface area contributed by atoms with E-state index in [4.69, 9.17) is 30.5 Å². The maximum atomic E-state index is 13.8. The molecule has 7 rings (SSSR count). The van der Waals surface area contributed by atoms with Gasteiger partial charge in [-0.2, -0.15) is 0 Å². The molecule has 3 heterocycles. The van der Waals surface area contributed by atoms with E-state index in [1.807, 2.05) is 25.1 Å². The zero-order valence-corrected chi connectivity index (χ0v) is 32.0. The van der Waals surface area contributed by atoms with Crippen molar-refractivity contribution in [3.63, 3.8) is 0 Å². The molecule has 5 aliphatic rings. The molecule has 2 bridgehead atoms. The van der Waals surface area contributed by atoms with Crippen LogP contribution < -0.4 is 14.4 Å². The summed E-state index contributed by atoms with van der Waals surface area (Å²) in [6.07, 6.45) is 7.26. The van der Waals surface area contributed by atoms with E-state index in [2.05, 4.69) is 40.7 Å². The second-order valence-corrected chi connectivity index (χ2v) is 18.3. The van der Waals surface area contributed by atoms with E-state index in [0.717, 1.165) is 68.7 Å². The summed E-state index contributed by atoms with van der Waals surface area (Å²) in [5.41, 5.74) is 3.40. The number of fused-ring (bicyclic) bond motifs is 4. The van der Waals surface area contributed by atoms with Crippen molar-refractivity contribution in [2.45, 2.75) is 81.3 Å². The molecule has 3 aliphatic heterocycles. The van der Waals surface area contributed by atoms with Gasteiger partial charge in [0.2, 0.25) is 10.0 Å². The average molecular weight is 744 g/mol. The first-order valence-corrected chi connectivity index (χ1v) is 20.7. The van der Waals surface area contributed by atoms with Gasteiger partial charge in [-0.1, -0.05) is 31.0 Å². The summed E-state index contributed by atoms with van der Waals surface area (Å²) in [5.74, 6) is 0.812. The number of nitrogens with zero attached hydrogens (tertiary/aromatic N) is 2. The molecule has 0 radical (unpaired) electrons. The maximum absolute atomic E-state index is 13.8. The second kappa shape index (κ2) is 15.1. The van der Waals surface area contributed by atoms with E-state index in [-0.39, 0.29) is 41.8 Å². The van der Waals surface area contributed by atoms with Gasteiger partial charge >= 0.3 is 0 Å². The lowest BCUT2D eigenvalue weighted by Gasteiger charge is -2.49. The third-order valence-electron chi connectivity index (χ3n) is 12.6. The molecule has 2 aromatic carbocycles. The van der Waals surface area contributed by atoms with Crippen LogP contribution in [0.3, 0.4) is 0 Å². The average Bonchev–Trinajstić information content (AvgIpc) is 3.24. The number of benzene rings is 2. The zero-order chi connectivity index (χ0) is 35.9. The Kier molecular flexibility index (Phi) is 11.0. The fraction of sp³-hybridized carbons (Fsp3) is 0.667. The molecule has 0 unspecified atom stereocenters. The minimum absolute atomic E-state index is 0.000741. The number of rotatable bonds is 4. The van der Waals surface area contributed by atoms with Gasteiger partial charge in [-0.3, -0.25) is 4.79 Å². The molecule has 1 saturated heterocycles.